The van der Waals surface area contributed by atoms with Gasteiger partial charge in [0.05, 0.1) is 18.9 Å². The van der Waals surface area contributed by atoms with Crippen LogP contribution in [0.1, 0.15) is 15.9 Å². The van der Waals surface area contributed by atoms with Crippen molar-refractivity contribution in [1.82, 2.24) is 0 Å². The molecule has 0 aliphatic carbocycles. The summed E-state index contributed by atoms with van der Waals surface area (Å²) in [7, 11) is 1.26. The normalized spacial score (nSPS) is 10.4. The quantitative estimate of drug-likeness (QED) is 0.319. The maximum Gasteiger partial charge on any atom is 0.337 e. The van der Waals surface area contributed by atoms with Crippen LogP contribution in [0.2, 0.25) is 0 Å². The Morgan fingerprint density at radius 3 is 2.86 bits per heavy atom. The van der Waals surface area contributed by atoms with Crippen molar-refractivity contribution in [2.75, 3.05) is 7.11 Å². The molecule has 0 heterocycles. The lowest BCUT2D eigenvalue weighted by molar-refractivity contribution is 0.0600. The second-order valence-electron chi connectivity index (χ2n) is 2.51. The van der Waals surface area contributed by atoms with Gasteiger partial charge in [0, 0.05) is 5.56 Å². The number of methoxy groups -OCH3 is 1. The fraction of sp³-hybridized carbons (Fsp3) is 0.111. The smallest absolute Gasteiger partial charge is 0.337 e. The number of ether oxygens (including phenoxy) is 1. The summed E-state index contributed by atoms with van der Waals surface area (Å²) in [5.74, 6) is -0.590. The number of carbonyl (C=O) groups excluding carboxylic acids is 1. The number of hydrogen-bond acceptors (Lipinski definition) is 5. The Morgan fingerprint density at radius 1 is 1.57 bits per heavy atom. The van der Waals surface area contributed by atoms with Crippen LogP contribution in [-0.4, -0.2) is 29.6 Å². The van der Waals surface area contributed by atoms with E-state index in [0.29, 0.717) is 0 Å². The number of nitrogens with zero attached hydrogens (tertiary/aromatic N) is 1. The first kappa shape index (κ1) is 10.0. The molecule has 0 saturated heterocycles. The molecule has 1 aromatic carbocycles. The molecule has 0 unspecified atom stereocenters. The number of esters is 1. The number of carbonyl (C=O) groups is 1. The molecule has 0 spiro atoms. The van der Waals surface area contributed by atoms with Gasteiger partial charge in [0.25, 0.3) is 0 Å². The van der Waals surface area contributed by atoms with E-state index in [9.17, 15) is 9.90 Å². The van der Waals surface area contributed by atoms with Gasteiger partial charge in [-0.1, -0.05) is 5.16 Å². The highest BCUT2D eigenvalue weighted by molar-refractivity contribution is 5.93. The average molecular weight is 195 g/mol. The number of phenolic OH excluding ortho intramolecular Hbond substituents is 1. The standard InChI is InChI=1S/C9H9NO4/c1-14-9(12)6-2-3-8(11)7(4-6)5-10-13/h2-5,11,13H,1H3. The van der Waals surface area contributed by atoms with E-state index in [1.54, 1.807) is 0 Å². The molecular formula is C9H9NO4. The molecule has 1 rings (SSSR count). The summed E-state index contributed by atoms with van der Waals surface area (Å²) in [6, 6.07) is 4.10. The van der Waals surface area contributed by atoms with Gasteiger partial charge in [0.15, 0.2) is 0 Å². The Morgan fingerprint density at radius 2 is 2.29 bits per heavy atom. The molecule has 1 aromatic rings. The van der Waals surface area contributed by atoms with Gasteiger partial charge < -0.3 is 15.1 Å². The fourth-order valence-electron chi connectivity index (χ4n) is 0.965. The van der Waals surface area contributed by atoms with Crippen LogP contribution in [0.3, 0.4) is 0 Å². The summed E-state index contributed by atoms with van der Waals surface area (Å²) < 4.78 is 4.48. The SMILES string of the molecule is COC(=O)c1ccc(O)c(C=NO)c1. The summed E-state index contributed by atoms with van der Waals surface area (Å²) in [6.07, 6.45) is 1.03. The summed E-state index contributed by atoms with van der Waals surface area (Å²) >= 11 is 0. The van der Waals surface area contributed by atoms with Gasteiger partial charge in [-0.25, -0.2) is 4.79 Å². The van der Waals surface area contributed by atoms with E-state index in [4.69, 9.17) is 5.21 Å². The molecule has 0 atom stereocenters. The minimum Gasteiger partial charge on any atom is -0.507 e. The zero-order chi connectivity index (χ0) is 10.6. The third kappa shape index (κ3) is 2.01. The highest BCUT2D eigenvalue weighted by atomic mass is 16.5. The number of phenols is 1. The monoisotopic (exact) mass is 195 g/mol. The number of hydrogen-bond donors (Lipinski definition) is 2. The van der Waals surface area contributed by atoms with Crippen molar-refractivity contribution in [3.05, 3.63) is 29.3 Å². The minimum atomic E-state index is -0.516. The first-order chi connectivity index (χ1) is 6.69. The lowest BCUT2D eigenvalue weighted by Crippen LogP contribution is -2.01. The average Bonchev–Trinajstić information content (AvgIpc) is 2.20. The van der Waals surface area contributed by atoms with Crippen LogP contribution in [0.15, 0.2) is 23.4 Å². The van der Waals surface area contributed by atoms with E-state index in [1.807, 2.05) is 0 Å². The first-order valence-corrected chi connectivity index (χ1v) is 3.78. The Bertz CT molecular complexity index is 373. The molecular weight excluding hydrogens is 186 g/mol. The van der Waals surface area contributed by atoms with Crippen LogP contribution >= 0.6 is 0 Å². The van der Waals surface area contributed by atoms with Gasteiger partial charge in [-0.3, -0.25) is 0 Å². The second-order valence-corrected chi connectivity index (χ2v) is 2.51. The van der Waals surface area contributed by atoms with Crippen LogP contribution in [-0.2, 0) is 4.74 Å². The van der Waals surface area contributed by atoms with Crippen LogP contribution < -0.4 is 0 Å². The highest BCUT2D eigenvalue weighted by Gasteiger charge is 2.07. The Kier molecular flexibility index (Phi) is 3.06. The van der Waals surface area contributed by atoms with E-state index < -0.39 is 5.97 Å². The number of rotatable bonds is 2. The van der Waals surface area contributed by atoms with E-state index in [-0.39, 0.29) is 16.9 Å². The Hall–Kier alpha value is -2.04. The van der Waals surface area contributed by atoms with Gasteiger partial charge in [0.1, 0.15) is 5.75 Å². The largest absolute Gasteiger partial charge is 0.507 e. The zero-order valence-electron chi connectivity index (χ0n) is 7.47. The highest BCUT2D eigenvalue weighted by Crippen LogP contribution is 2.16. The topological polar surface area (TPSA) is 79.1 Å². The van der Waals surface area contributed by atoms with Crippen LogP contribution in [0, 0.1) is 0 Å². The molecule has 5 heteroatoms. The summed E-state index contributed by atoms with van der Waals surface area (Å²) in [5.41, 5.74) is 0.524. The summed E-state index contributed by atoms with van der Waals surface area (Å²) in [5, 5.41) is 20.3. The molecule has 74 valence electrons. The number of aromatic hydroxyl groups is 1. The van der Waals surface area contributed by atoms with Gasteiger partial charge in [0.2, 0.25) is 0 Å². The summed E-state index contributed by atoms with van der Waals surface area (Å²) in [6.45, 7) is 0. The fourth-order valence-corrected chi connectivity index (χ4v) is 0.965. The second kappa shape index (κ2) is 4.27. The van der Waals surface area contributed by atoms with E-state index in [1.165, 1.54) is 25.3 Å². The van der Waals surface area contributed by atoms with Crippen LogP contribution in [0.4, 0.5) is 0 Å². The van der Waals surface area contributed by atoms with Crippen molar-refractivity contribution in [2.24, 2.45) is 5.16 Å². The van der Waals surface area contributed by atoms with Crippen LogP contribution in [0.25, 0.3) is 0 Å². The third-order valence-electron chi connectivity index (χ3n) is 1.65. The predicted octanol–water partition coefficient (Wildman–Crippen LogP) is 0.987. The van der Waals surface area contributed by atoms with Gasteiger partial charge in [-0.15, -0.1) is 0 Å². The molecule has 0 radical (unpaired) electrons. The molecule has 5 nitrogen and oxygen atoms in total. The molecule has 0 bridgehead atoms. The summed E-state index contributed by atoms with van der Waals surface area (Å²) in [4.78, 5) is 11.1. The van der Waals surface area contributed by atoms with Gasteiger partial charge in [-0.05, 0) is 18.2 Å². The number of benzene rings is 1. The van der Waals surface area contributed by atoms with E-state index >= 15 is 0 Å². The maximum absolute atomic E-state index is 11.1. The third-order valence-corrected chi connectivity index (χ3v) is 1.65. The molecule has 0 aliphatic heterocycles. The van der Waals surface area contributed by atoms with Crippen LogP contribution in [0.5, 0.6) is 5.75 Å². The Labute approximate surface area is 80.2 Å². The zero-order valence-corrected chi connectivity index (χ0v) is 7.47. The molecule has 0 aromatic heterocycles. The first-order valence-electron chi connectivity index (χ1n) is 3.78. The van der Waals surface area contributed by atoms with E-state index in [0.717, 1.165) is 6.21 Å². The van der Waals surface area contributed by atoms with Gasteiger partial charge in [-0.2, -0.15) is 0 Å². The molecule has 14 heavy (non-hydrogen) atoms. The van der Waals surface area contributed by atoms with Crippen molar-refractivity contribution >= 4 is 12.2 Å². The van der Waals surface area contributed by atoms with Crippen molar-refractivity contribution < 1.29 is 19.8 Å². The molecule has 0 aliphatic rings. The predicted molar refractivity (Wildman–Crippen MR) is 48.8 cm³/mol. The Balaban J connectivity index is 3.12. The van der Waals surface area contributed by atoms with Gasteiger partial charge >= 0.3 is 5.97 Å². The molecule has 2 N–H and O–H groups in total. The van der Waals surface area contributed by atoms with E-state index in [2.05, 4.69) is 9.89 Å². The lowest BCUT2D eigenvalue weighted by Gasteiger charge is -2.01. The molecule has 0 saturated carbocycles. The van der Waals surface area contributed by atoms with Crippen molar-refractivity contribution in [1.29, 1.82) is 0 Å². The molecule has 0 amide bonds. The van der Waals surface area contributed by atoms with Crippen molar-refractivity contribution in [2.45, 2.75) is 0 Å². The molecule has 0 fully saturated rings. The minimum absolute atomic E-state index is 0.0737. The number of oxime groups is 1. The van der Waals surface area contributed by atoms with Crippen molar-refractivity contribution in [3.63, 3.8) is 0 Å². The van der Waals surface area contributed by atoms with Crippen molar-refractivity contribution in [3.8, 4) is 5.75 Å². The lowest BCUT2D eigenvalue weighted by atomic mass is 10.1. The maximum atomic E-state index is 11.1.